The molecule has 154 valence electrons. The van der Waals surface area contributed by atoms with Gasteiger partial charge >= 0.3 is 6.03 Å². The van der Waals surface area contributed by atoms with Crippen molar-refractivity contribution < 1.29 is 14.4 Å². The second-order valence-electron chi connectivity index (χ2n) is 8.35. The molecule has 0 radical (unpaired) electrons. The minimum absolute atomic E-state index is 0.0943. The van der Waals surface area contributed by atoms with Crippen LogP contribution >= 0.6 is 0 Å². The molecule has 1 aliphatic heterocycles. The maximum atomic E-state index is 12.5. The standard InChI is InChI=1S/C21H27N5O3/c1-21(2,3)17(13-25-11-10-22-14-25)24-20(29)23-16-6-4-15(5-7-16)12-26-18(27)8-9-19(26)28/h4-7,10-11,14,17H,8-9,12-13H2,1-3H3,(H2,23,24,29)/t17-/m1/s1. The number of carbonyl (C=O) groups excluding carboxylic acids is 3. The van der Waals surface area contributed by atoms with E-state index in [2.05, 4.69) is 36.4 Å². The second kappa shape index (κ2) is 8.46. The van der Waals surface area contributed by atoms with Crippen molar-refractivity contribution in [2.24, 2.45) is 5.41 Å². The van der Waals surface area contributed by atoms with Gasteiger partial charge in [0, 0.05) is 37.5 Å². The highest BCUT2D eigenvalue weighted by Gasteiger charge is 2.29. The average molecular weight is 397 g/mol. The first-order valence-corrected chi connectivity index (χ1v) is 9.68. The molecule has 0 aliphatic carbocycles. The number of aromatic nitrogens is 2. The van der Waals surface area contributed by atoms with Crippen molar-refractivity contribution in [1.29, 1.82) is 0 Å². The average Bonchev–Trinajstić information content (AvgIpc) is 3.27. The number of amides is 4. The smallest absolute Gasteiger partial charge is 0.319 e. The van der Waals surface area contributed by atoms with Crippen LogP contribution in [0.2, 0.25) is 0 Å². The predicted octanol–water partition coefficient (Wildman–Crippen LogP) is 2.77. The summed E-state index contributed by atoms with van der Waals surface area (Å²) >= 11 is 0. The van der Waals surface area contributed by atoms with Gasteiger partial charge in [-0.25, -0.2) is 9.78 Å². The lowest BCUT2D eigenvalue weighted by molar-refractivity contribution is -0.139. The molecule has 3 rings (SSSR count). The van der Waals surface area contributed by atoms with E-state index in [1.54, 1.807) is 36.8 Å². The van der Waals surface area contributed by atoms with Crippen LogP contribution in [0.5, 0.6) is 0 Å². The summed E-state index contributed by atoms with van der Waals surface area (Å²) in [5, 5.41) is 5.87. The fourth-order valence-electron chi connectivity index (χ4n) is 3.14. The number of nitrogens with zero attached hydrogens (tertiary/aromatic N) is 3. The van der Waals surface area contributed by atoms with Crippen molar-refractivity contribution in [1.82, 2.24) is 19.8 Å². The summed E-state index contributed by atoms with van der Waals surface area (Å²) in [6.45, 7) is 7.11. The van der Waals surface area contributed by atoms with Gasteiger partial charge in [-0.3, -0.25) is 14.5 Å². The molecule has 2 aromatic rings. The Morgan fingerprint density at radius 1 is 1.14 bits per heavy atom. The van der Waals surface area contributed by atoms with Crippen LogP contribution in [0.1, 0.15) is 39.2 Å². The first-order valence-electron chi connectivity index (χ1n) is 9.68. The zero-order chi connectivity index (χ0) is 21.0. The molecule has 1 aromatic carbocycles. The van der Waals surface area contributed by atoms with Gasteiger partial charge in [-0.1, -0.05) is 32.9 Å². The van der Waals surface area contributed by atoms with Crippen LogP contribution in [0, 0.1) is 5.41 Å². The topological polar surface area (TPSA) is 96.3 Å². The van der Waals surface area contributed by atoms with Crippen LogP contribution in [0.15, 0.2) is 43.0 Å². The first-order chi connectivity index (χ1) is 13.7. The molecule has 8 heteroatoms. The highest BCUT2D eigenvalue weighted by molar-refractivity contribution is 6.01. The lowest BCUT2D eigenvalue weighted by atomic mass is 9.86. The molecular formula is C21H27N5O3. The fraction of sp³-hybridized carbons (Fsp3) is 0.429. The minimum Gasteiger partial charge on any atom is -0.335 e. The Morgan fingerprint density at radius 3 is 2.34 bits per heavy atom. The second-order valence-corrected chi connectivity index (χ2v) is 8.35. The van der Waals surface area contributed by atoms with Crippen molar-refractivity contribution in [2.75, 3.05) is 5.32 Å². The molecule has 8 nitrogen and oxygen atoms in total. The van der Waals surface area contributed by atoms with E-state index in [4.69, 9.17) is 0 Å². The SMILES string of the molecule is CC(C)(C)[C@@H](Cn1ccnc1)NC(=O)Nc1ccc(CN2C(=O)CCC2=O)cc1. The van der Waals surface area contributed by atoms with Gasteiger partial charge in [-0.2, -0.15) is 0 Å². The molecule has 0 unspecified atom stereocenters. The number of hydrogen-bond acceptors (Lipinski definition) is 4. The van der Waals surface area contributed by atoms with E-state index in [1.165, 1.54) is 4.90 Å². The van der Waals surface area contributed by atoms with Gasteiger partial charge in [0.25, 0.3) is 0 Å². The Hall–Kier alpha value is -3.16. The number of imidazole rings is 1. The quantitative estimate of drug-likeness (QED) is 0.733. The molecule has 2 heterocycles. The zero-order valence-electron chi connectivity index (χ0n) is 17.0. The van der Waals surface area contributed by atoms with Crippen LogP contribution in [-0.2, 0) is 22.7 Å². The molecule has 0 saturated carbocycles. The number of anilines is 1. The normalized spacial score (nSPS) is 15.5. The third-order valence-electron chi connectivity index (χ3n) is 5.01. The van der Waals surface area contributed by atoms with Gasteiger partial charge in [0.2, 0.25) is 11.8 Å². The lowest BCUT2D eigenvalue weighted by Crippen LogP contribution is -2.47. The maximum absolute atomic E-state index is 12.5. The largest absolute Gasteiger partial charge is 0.335 e. The van der Waals surface area contributed by atoms with Crippen molar-refractivity contribution in [2.45, 2.75) is 52.7 Å². The molecule has 29 heavy (non-hydrogen) atoms. The molecule has 2 N–H and O–H groups in total. The Balaban J connectivity index is 1.58. The molecule has 1 atom stereocenters. The van der Waals surface area contributed by atoms with Crippen molar-refractivity contribution in [3.63, 3.8) is 0 Å². The summed E-state index contributed by atoms with van der Waals surface area (Å²) in [6, 6.07) is 6.76. The fourth-order valence-corrected chi connectivity index (χ4v) is 3.14. The predicted molar refractivity (Wildman–Crippen MR) is 109 cm³/mol. The minimum atomic E-state index is -0.289. The number of hydrogen-bond donors (Lipinski definition) is 2. The van der Waals surface area contributed by atoms with Crippen LogP contribution in [0.3, 0.4) is 0 Å². The van der Waals surface area contributed by atoms with Gasteiger partial charge < -0.3 is 15.2 Å². The van der Waals surface area contributed by atoms with E-state index in [0.717, 1.165) is 5.56 Å². The molecular weight excluding hydrogens is 370 g/mol. The molecule has 0 bridgehead atoms. The van der Waals surface area contributed by atoms with Crippen molar-refractivity contribution in [3.8, 4) is 0 Å². The summed E-state index contributed by atoms with van der Waals surface area (Å²) in [5.41, 5.74) is 1.34. The summed E-state index contributed by atoms with van der Waals surface area (Å²) < 4.78 is 1.94. The summed E-state index contributed by atoms with van der Waals surface area (Å²) in [5.74, 6) is -0.273. The van der Waals surface area contributed by atoms with Crippen LogP contribution in [0.25, 0.3) is 0 Å². The van der Waals surface area contributed by atoms with Gasteiger partial charge in [0.15, 0.2) is 0 Å². The molecule has 0 spiro atoms. The van der Waals surface area contributed by atoms with Crippen molar-refractivity contribution in [3.05, 3.63) is 48.5 Å². The zero-order valence-corrected chi connectivity index (χ0v) is 17.0. The summed E-state index contributed by atoms with van der Waals surface area (Å²) in [4.78, 5) is 41.3. The maximum Gasteiger partial charge on any atom is 0.319 e. The number of nitrogens with one attached hydrogen (secondary N) is 2. The number of likely N-dealkylation sites (tertiary alicyclic amines) is 1. The third-order valence-corrected chi connectivity index (χ3v) is 5.01. The highest BCUT2D eigenvalue weighted by atomic mass is 16.2. The van der Waals surface area contributed by atoms with Crippen LogP contribution < -0.4 is 10.6 Å². The number of urea groups is 1. The Kier molecular flexibility index (Phi) is 6.00. The monoisotopic (exact) mass is 397 g/mol. The summed E-state index contributed by atoms with van der Waals surface area (Å²) in [7, 11) is 0. The number of benzene rings is 1. The summed E-state index contributed by atoms with van der Waals surface area (Å²) in [6.07, 6.45) is 5.88. The van der Waals surface area contributed by atoms with Gasteiger partial charge in [0.05, 0.1) is 18.9 Å². The Labute approximate surface area is 170 Å². The number of carbonyl (C=O) groups is 3. The Morgan fingerprint density at radius 2 is 1.79 bits per heavy atom. The van der Waals surface area contributed by atoms with E-state index in [0.29, 0.717) is 12.2 Å². The third kappa shape index (κ3) is 5.43. The van der Waals surface area contributed by atoms with E-state index in [-0.39, 0.29) is 48.7 Å². The molecule has 1 aliphatic rings. The highest BCUT2D eigenvalue weighted by Crippen LogP contribution is 2.21. The van der Waals surface area contributed by atoms with E-state index in [1.807, 2.05) is 10.8 Å². The number of imide groups is 1. The molecule has 1 saturated heterocycles. The lowest BCUT2D eigenvalue weighted by Gasteiger charge is -2.31. The van der Waals surface area contributed by atoms with Gasteiger partial charge in [0.1, 0.15) is 0 Å². The van der Waals surface area contributed by atoms with Crippen molar-refractivity contribution >= 4 is 23.5 Å². The van der Waals surface area contributed by atoms with Crippen LogP contribution in [0.4, 0.5) is 10.5 Å². The number of rotatable bonds is 6. The Bertz CT molecular complexity index is 853. The van der Waals surface area contributed by atoms with E-state index < -0.39 is 0 Å². The molecule has 1 aromatic heterocycles. The van der Waals surface area contributed by atoms with Gasteiger partial charge in [-0.05, 0) is 23.1 Å². The first kappa shape index (κ1) is 20.6. The van der Waals surface area contributed by atoms with E-state index >= 15 is 0 Å². The van der Waals surface area contributed by atoms with Crippen LogP contribution in [-0.4, -0.2) is 38.3 Å². The molecule has 4 amide bonds. The molecule has 1 fully saturated rings. The van der Waals surface area contributed by atoms with Gasteiger partial charge in [-0.15, -0.1) is 0 Å². The van der Waals surface area contributed by atoms with E-state index in [9.17, 15) is 14.4 Å².